The summed E-state index contributed by atoms with van der Waals surface area (Å²) in [5, 5.41) is 2.88. The molecule has 50 heavy (non-hydrogen) atoms. The molecule has 294 valence electrons. The predicted molar refractivity (Wildman–Crippen MR) is 206 cm³/mol. The van der Waals surface area contributed by atoms with E-state index >= 15 is 0 Å². The molecule has 0 saturated carbocycles. The smallest absolute Gasteiger partial charge is 0.407 e. The van der Waals surface area contributed by atoms with Crippen molar-refractivity contribution in [3.8, 4) is 0 Å². The molecule has 8 heteroatoms. The fraction of sp³-hybridized carbons (Fsp3) is 0.929. The van der Waals surface area contributed by atoms with Crippen molar-refractivity contribution in [2.75, 3.05) is 26.3 Å². The van der Waals surface area contributed by atoms with Crippen LogP contribution in [0.25, 0.3) is 0 Å². The fourth-order valence-electron chi connectivity index (χ4n) is 6.58. The summed E-state index contributed by atoms with van der Waals surface area (Å²) < 4.78 is 16.5. The minimum Gasteiger partial charge on any atom is -0.462 e. The average Bonchev–Trinajstić information content (AvgIpc) is 3.07. The van der Waals surface area contributed by atoms with E-state index in [2.05, 4.69) is 37.9 Å². The highest BCUT2D eigenvalue weighted by atomic mass is 16.6. The second-order valence-corrected chi connectivity index (χ2v) is 15.3. The van der Waals surface area contributed by atoms with Gasteiger partial charge in [0.15, 0.2) is 6.10 Å². The Morgan fingerprint density at radius 1 is 0.540 bits per heavy atom. The van der Waals surface area contributed by atoms with E-state index in [1.807, 2.05) is 0 Å². The summed E-state index contributed by atoms with van der Waals surface area (Å²) in [6, 6.07) is 0.460. The van der Waals surface area contributed by atoms with Crippen LogP contribution in [-0.4, -0.2) is 67.4 Å². The van der Waals surface area contributed by atoms with Crippen LogP contribution in [0.1, 0.15) is 207 Å². The van der Waals surface area contributed by atoms with Gasteiger partial charge in [0, 0.05) is 32.0 Å². The lowest BCUT2D eigenvalue weighted by molar-refractivity contribution is -0.152. The summed E-state index contributed by atoms with van der Waals surface area (Å²) in [6.07, 6.45) is 31.8. The number of alkyl carbamates (subject to hydrolysis) is 1. The van der Waals surface area contributed by atoms with Crippen molar-refractivity contribution in [2.24, 2.45) is 0 Å². The minimum atomic E-state index is -0.831. The molecule has 1 fully saturated rings. The molecule has 0 spiro atoms. The molecule has 0 unspecified atom stereocenters. The molecular weight excluding hydrogens is 628 g/mol. The van der Waals surface area contributed by atoms with Crippen molar-refractivity contribution in [3.63, 3.8) is 0 Å². The second kappa shape index (κ2) is 33.0. The largest absolute Gasteiger partial charge is 0.462 e. The molecule has 1 amide bonds. The predicted octanol–water partition coefficient (Wildman–Crippen LogP) is 11.2. The Hall–Kier alpha value is -1.83. The number of amides is 1. The highest BCUT2D eigenvalue weighted by Crippen LogP contribution is 2.16. The van der Waals surface area contributed by atoms with Crippen molar-refractivity contribution in [2.45, 2.75) is 226 Å². The number of unbranched alkanes of at least 4 members (excludes halogenated alkanes) is 24. The van der Waals surface area contributed by atoms with Gasteiger partial charge in [0.25, 0.3) is 0 Å². The second-order valence-electron chi connectivity index (χ2n) is 15.3. The standard InChI is InChI=1S/C42H80N2O6/c1-5-7-9-11-13-15-17-19-21-23-25-27-29-31-40(45)48-35-39(50-42(47)43-38-33-44(34-38)37(3)4)36-49-41(46)32-30-28-26-24-22-20-18-16-14-12-10-8-6-2/h37-39H,5-36H2,1-4H3,(H,43,47). The molecule has 8 nitrogen and oxygen atoms in total. The molecule has 1 heterocycles. The van der Waals surface area contributed by atoms with E-state index in [1.165, 1.54) is 128 Å². The Balaban J connectivity index is 2.22. The molecule has 0 aromatic heterocycles. The van der Waals surface area contributed by atoms with Crippen molar-refractivity contribution >= 4 is 18.0 Å². The number of carbonyl (C=O) groups excluding carboxylic acids is 3. The molecule has 0 radical (unpaired) electrons. The minimum absolute atomic E-state index is 0.0294. The Morgan fingerprint density at radius 3 is 1.18 bits per heavy atom. The van der Waals surface area contributed by atoms with E-state index in [0.717, 1.165) is 51.6 Å². The number of likely N-dealkylation sites (tertiary alicyclic amines) is 1. The number of rotatable bonds is 35. The Labute approximate surface area is 308 Å². The third kappa shape index (κ3) is 27.8. The first-order valence-corrected chi connectivity index (χ1v) is 21.4. The van der Waals surface area contributed by atoms with Crippen molar-refractivity contribution in [3.05, 3.63) is 0 Å². The summed E-state index contributed by atoms with van der Waals surface area (Å²) in [5.41, 5.74) is 0. The monoisotopic (exact) mass is 709 g/mol. The molecule has 0 bridgehead atoms. The van der Waals surface area contributed by atoms with Gasteiger partial charge in [0.05, 0.1) is 6.04 Å². The summed E-state index contributed by atoms with van der Waals surface area (Å²) in [5.74, 6) is -0.598. The van der Waals surface area contributed by atoms with Crippen LogP contribution in [0.15, 0.2) is 0 Å². The SMILES string of the molecule is CCCCCCCCCCCCCCCC(=O)OCC(COC(=O)CCCCCCCCCCCCCCC)OC(=O)NC1CN(C(C)C)C1. The van der Waals surface area contributed by atoms with Crippen LogP contribution in [0.5, 0.6) is 0 Å². The van der Waals surface area contributed by atoms with E-state index in [1.54, 1.807) is 0 Å². The van der Waals surface area contributed by atoms with Gasteiger partial charge in [-0.2, -0.15) is 0 Å². The van der Waals surface area contributed by atoms with E-state index in [9.17, 15) is 14.4 Å². The van der Waals surface area contributed by atoms with E-state index < -0.39 is 12.2 Å². The normalized spacial score (nSPS) is 13.5. The fourth-order valence-corrected chi connectivity index (χ4v) is 6.58. The van der Waals surface area contributed by atoms with Crippen LogP contribution < -0.4 is 5.32 Å². The summed E-state index contributed by atoms with van der Waals surface area (Å²) in [6.45, 7) is 10.1. The highest BCUT2D eigenvalue weighted by molar-refractivity contribution is 5.70. The van der Waals surface area contributed by atoms with E-state index in [4.69, 9.17) is 14.2 Å². The maximum absolute atomic E-state index is 12.6. The van der Waals surface area contributed by atoms with Crippen molar-refractivity contribution < 1.29 is 28.6 Å². The maximum atomic E-state index is 12.6. The zero-order valence-electron chi connectivity index (χ0n) is 33.3. The van der Waals surface area contributed by atoms with Gasteiger partial charge in [-0.25, -0.2) is 4.79 Å². The Kier molecular flexibility index (Phi) is 30.5. The third-order valence-electron chi connectivity index (χ3n) is 10.1. The van der Waals surface area contributed by atoms with E-state index in [-0.39, 0.29) is 31.2 Å². The zero-order chi connectivity index (χ0) is 36.5. The zero-order valence-corrected chi connectivity index (χ0v) is 33.3. The molecule has 0 aromatic rings. The molecule has 1 aliphatic rings. The molecule has 0 aliphatic carbocycles. The first-order valence-electron chi connectivity index (χ1n) is 21.4. The lowest BCUT2D eigenvalue weighted by atomic mass is 10.0. The van der Waals surface area contributed by atoms with Gasteiger partial charge in [-0.05, 0) is 26.7 Å². The summed E-state index contributed by atoms with van der Waals surface area (Å²) in [7, 11) is 0. The number of esters is 2. The van der Waals surface area contributed by atoms with Crippen molar-refractivity contribution in [1.82, 2.24) is 10.2 Å². The number of carbonyl (C=O) groups is 3. The average molecular weight is 709 g/mol. The van der Waals surface area contributed by atoms with Gasteiger partial charge in [0.2, 0.25) is 0 Å². The lowest BCUT2D eigenvalue weighted by Gasteiger charge is -2.42. The first-order chi connectivity index (χ1) is 24.3. The molecule has 0 atom stereocenters. The molecule has 1 saturated heterocycles. The Bertz CT molecular complexity index is 770. The number of nitrogens with zero attached hydrogens (tertiary/aromatic N) is 1. The van der Waals surface area contributed by atoms with Crippen LogP contribution >= 0.6 is 0 Å². The van der Waals surface area contributed by atoms with Crippen molar-refractivity contribution in [1.29, 1.82) is 0 Å². The van der Waals surface area contributed by atoms with Gasteiger partial charge < -0.3 is 19.5 Å². The molecule has 1 rings (SSSR count). The van der Waals surface area contributed by atoms with Crippen LogP contribution in [0.3, 0.4) is 0 Å². The molecular formula is C42H80N2O6. The van der Waals surface area contributed by atoms with Gasteiger partial charge in [-0.3, -0.25) is 14.5 Å². The quantitative estimate of drug-likeness (QED) is 0.0398. The number of hydrogen-bond donors (Lipinski definition) is 1. The van der Waals surface area contributed by atoms with Gasteiger partial charge in [-0.1, -0.05) is 168 Å². The molecule has 0 aromatic carbocycles. The first kappa shape index (κ1) is 46.2. The summed E-state index contributed by atoms with van der Waals surface area (Å²) >= 11 is 0. The van der Waals surface area contributed by atoms with Crippen LogP contribution in [0, 0.1) is 0 Å². The van der Waals surface area contributed by atoms with Gasteiger partial charge >= 0.3 is 18.0 Å². The molecule has 1 N–H and O–H groups in total. The number of hydrogen-bond acceptors (Lipinski definition) is 7. The Morgan fingerprint density at radius 2 is 0.860 bits per heavy atom. The van der Waals surface area contributed by atoms with Crippen LogP contribution in [-0.2, 0) is 23.8 Å². The van der Waals surface area contributed by atoms with Crippen LogP contribution in [0.4, 0.5) is 4.79 Å². The molecule has 1 aliphatic heterocycles. The van der Waals surface area contributed by atoms with Gasteiger partial charge in [0.1, 0.15) is 13.2 Å². The lowest BCUT2D eigenvalue weighted by Crippen LogP contribution is -2.61. The number of ether oxygens (including phenoxy) is 3. The summed E-state index contributed by atoms with van der Waals surface area (Å²) in [4.78, 5) is 39.8. The third-order valence-corrected chi connectivity index (χ3v) is 10.1. The highest BCUT2D eigenvalue weighted by Gasteiger charge is 2.31. The van der Waals surface area contributed by atoms with Gasteiger partial charge in [-0.15, -0.1) is 0 Å². The maximum Gasteiger partial charge on any atom is 0.407 e. The van der Waals surface area contributed by atoms with E-state index in [0.29, 0.717) is 18.9 Å². The number of nitrogens with one attached hydrogen (secondary N) is 1. The van der Waals surface area contributed by atoms with Crippen LogP contribution in [0.2, 0.25) is 0 Å². The topological polar surface area (TPSA) is 94.2 Å².